The van der Waals surface area contributed by atoms with Gasteiger partial charge in [0.2, 0.25) is 0 Å². The molecule has 0 fully saturated rings. The molecule has 0 aromatic carbocycles. The lowest BCUT2D eigenvalue weighted by atomic mass is 10.6. The van der Waals surface area contributed by atoms with Gasteiger partial charge in [-0.1, -0.05) is 0 Å². The Morgan fingerprint density at radius 2 is 2.56 bits per heavy atom. The molecule has 0 aliphatic carbocycles. The third kappa shape index (κ3) is 1.11. The number of H-pyrrole nitrogens is 1. The second-order valence-corrected chi connectivity index (χ2v) is 1.31. The van der Waals surface area contributed by atoms with Crippen LogP contribution in [0.4, 0.5) is 0 Å². The van der Waals surface area contributed by atoms with E-state index in [1.165, 1.54) is 0 Å². The standard InChI is InChI=1S/C2HN5OS/c8-2(5-9)1-3-6-7-4-1/h(H,3,4,6,7). The van der Waals surface area contributed by atoms with Crippen LogP contribution >= 0.6 is 0 Å². The van der Waals surface area contributed by atoms with Gasteiger partial charge < -0.3 is 0 Å². The smallest absolute Gasteiger partial charge is 0.262 e. The van der Waals surface area contributed by atoms with Crippen molar-refractivity contribution < 1.29 is 4.79 Å². The number of carbonyl (C=O) groups excluding carboxylic acids is 1. The molecule has 7 heteroatoms. The number of hydrogen-bond acceptors (Lipinski definition) is 5. The van der Waals surface area contributed by atoms with E-state index in [2.05, 4.69) is 37.4 Å². The van der Waals surface area contributed by atoms with Crippen LogP contribution in [-0.2, 0) is 12.4 Å². The summed E-state index contributed by atoms with van der Waals surface area (Å²) in [5.41, 5.74) is 0. The average Bonchev–Trinajstić information content (AvgIpc) is 2.37. The van der Waals surface area contributed by atoms with Gasteiger partial charge in [-0.25, -0.2) is 0 Å². The van der Waals surface area contributed by atoms with Crippen molar-refractivity contribution >= 4 is 18.3 Å². The van der Waals surface area contributed by atoms with Crippen molar-refractivity contribution in [3.63, 3.8) is 0 Å². The maximum absolute atomic E-state index is 10.4. The number of rotatable bonds is 1. The first-order valence-electron chi connectivity index (χ1n) is 1.95. The van der Waals surface area contributed by atoms with Gasteiger partial charge in [0.15, 0.2) is 0 Å². The summed E-state index contributed by atoms with van der Waals surface area (Å²) in [6.45, 7) is 0. The lowest BCUT2D eigenvalue weighted by molar-refractivity contribution is 0.0996. The van der Waals surface area contributed by atoms with Crippen LogP contribution in [0, 0.1) is 0 Å². The Morgan fingerprint density at radius 3 is 3.00 bits per heavy atom. The lowest BCUT2D eigenvalue weighted by Crippen LogP contribution is -1.95. The molecule has 0 unspecified atom stereocenters. The minimum absolute atomic E-state index is 0.106. The maximum atomic E-state index is 10.4. The Bertz CT molecular complexity index is 217. The number of hydrogen-bond donors (Lipinski definition) is 1. The Hall–Kier alpha value is -1.24. The minimum Gasteiger partial charge on any atom is -0.262 e. The molecule has 1 aromatic heterocycles. The number of nitrogens with zero attached hydrogens (tertiary/aromatic N) is 4. The Kier molecular flexibility index (Phi) is 1.54. The molecule has 0 radical (unpaired) electrons. The number of aromatic nitrogens is 4. The summed E-state index contributed by atoms with van der Waals surface area (Å²) in [6, 6.07) is 0. The molecule has 0 aliphatic heterocycles. The van der Waals surface area contributed by atoms with Crippen LogP contribution in [0.3, 0.4) is 0 Å². The van der Waals surface area contributed by atoms with Crippen LogP contribution in [0.25, 0.3) is 0 Å². The van der Waals surface area contributed by atoms with Crippen LogP contribution < -0.4 is 0 Å². The summed E-state index contributed by atoms with van der Waals surface area (Å²) in [4.78, 5) is 10.4. The van der Waals surface area contributed by atoms with Crippen molar-refractivity contribution in [2.45, 2.75) is 0 Å². The number of tetrazole rings is 1. The van der Waals surface area contributed by atoms with Gasteiger partial charge in [0.05, 0.1) is 0 Å². The summed E-state index contributed by atoms with van der Waals surface area (Å²) < 4.78 is 2.89. The van der Waals surface area contributed by atoms with E-state index in [0.717, 1.165) is 0 Å². The molecule has 0 atom stereocenters. The van der Waals surface area contributed by atoms with Gasteiger partial charge in [-0.3, -0.25) is 4.79 Å². The minimum atomic E-state index is -0.654. The van der Waals surface area contributed by atoms with Gasteiger partial charge in [-0.15, -0.1) is 14.6 Å². The molecule has 0 spiro atoms. The molecular formula is C2HN5OS. The third-order valence-electron chi connectivity index (χ3n) is 0.620. The Morgan fingerprint density at radius 1 is 1.78 bits per heavy atom. The molecule has 1 rings (SSSR count). The van der Waals surface area contributed by atoms with E-state index < -0.39 is 5.91 Å². The predicted molar refractivity (Wildman–Crippen MR) is 28.3 cm³/mol. The van der Waals surface area contributed by atoms with E-state index in [0.29, 0.717) is 0 Å². The normalized spacial score (nSPS) is 8.89. The maximum Gasteiger partial charge on any atom is 0.329 e. The fraction of sp³-hybridized carbons (Fsp3) is 0. The van der Waals surface area contributed by atoms with E-state index in [4.69, 9.17) is 0 Å². The van der Waals surface area contributed by atoms with Crippen molar-refractivity contribution in [2.24, 2.45) is 4.36 Å². The molecule has 0 saturated carbocycles. The Balaban J connectivity index is 2.89. The first-order chi connectivity index (χ1) is 4.34. The predicted octanol–water partition coefficient (Wildman–Crippen LogP) is -0.930. The Labute approximate surface area is 54.8 Å². The first-order valence-corrected chi connectivity index (χ1v) is 2.32. The monoisotopic (exact) mass is 143 g/mol. The van der Waals surface area contributed by atoms with E-state index >= 15 is 0 Å². The van der Waals surface area contributed by atoms with Gasteiger partial charge in [0.25, 0.3) is 5.82 Å². The summed E-state index contributed by atoms with van der Waals surface area (Å²) in [5.74, 6) is -0.760. The van der Waals surface area contributed by atoms with Gasteiger partial charge >= 0.3 is 5.91 Å². The van der Waals surface area contributed by atoms with Crippen LogP contribution in [-0.4, -0.2) is 26.5 Å². The highest BCUT2D eigenvalue weighted by molar-refractivity contribution is 7.47. The van der Waals surface area contributed by atoms with E-state index in [9.17, 15) is 4.79 Å². The van der Waals surface area contributed by atoms with Crippen molar-refractivity contribution in [1.29, 1.82) is 0 Å². The van der Waals surface area contributed by atoms with Gasteiger partial charge in [0.1, 0.15) is 0 Å². The molecule has 0 bridgehead atoms. The van der Waals surface area contributed by atoms with Gasteiger partial charge in [-0.2, -0.15) is 5.21 Å². The first kappa shape index (κ1) is 5.89. The van der Waals surface area contributed by atoms with Crippen LogP contribution in [0.1, 0.15) is 10.6 Å². The second-order valence-electron chi connectivity index (χ2n) is 1.13. The number of carbonyl (C=O) groups is 1. The topological polar surface area (TPSA) is 83.9 Å². The van der Waals surface area contributed by atoms with Crippen molar-refractivity contribution in [2.75, 3.05) is 0 Å². The van der Waals surface area contributed by atoms with Crippen molar-refractivity contribution in [1.82, 2.24) is 20.6 Å². The lowest BCUT2D eigenvalue weighted by Gasteiger charge is -1.74. The summed E-state index contributed by atoms with van der Waals surface area (Å²) >= 11 is 4.08. The quantitative estimate of drug-likeness (QED) is 0.549. The third-order valence-corrected chi connectivity index (χ3v) is 0.785. The zero-order valence-corrected chi connectivity index (χ0v) is 4.92. The fourth-order valence-corrected chi connectivity index (χ4v) is 0.375. The summed E-state index contributed by atoms with van der Waals surface area (Å²) in [7, 11) is 0. The molecule has 0 aliphatic rings. The zero-order valence-electron chi connectivity index (χ0n) is 4.11. The van der Waals surface area contributed by atoms with Crippen molar-refractivity contribution in [3.05, 3.63) is 5.82 Å². The molecule has 1 heterocycles. The molecule has 1 N–H and O–H groups in total. The SMILES string of the molecule is O=C(N=S)c1nn[nH]n1. The molecule has 9 heavy (non-hydrogen) atoms. The molecular weight excluding hydrogens is 142 g/mol. The molecule has 0 saturated heterocycles. The molecule has 1 amide bonds. The highest BCUT2D eigenvalue weighted by Gasteiger charge is 2.06. The van der Waals surface area contributed by atoms with Crippen LogP contribution in [0.15, 0.2) is 4.36 Å². The largest absolute Gasteiger partial charge is 0.329 e. The summed E-state index contributed by atoms with van der Waals surface area (Å²) in [5, 5.41) is 11.9. The zero-order chi connectivity index (χ0) is 6.69. The van der Waals surface area contributed by atoms with E-state index in [1.54, 1.807) is 0 Å². The molecule has 6 nitrogen and oxygen atoms in total. The van der Waals surface area contributed by atoms with E-state index in [1.807, 2.05) is 0 Å². The average molecular weight is 143 g/mol. The van der Waals surface area contributed by atoms with Gasteiger partial charge in [0, 0.05) is 12.4 Å². The van der Waals surface area contributed by atoms with E-state index in [-0.39, 0.29) is 5.82 Å². The van der Waals surface area contributed by atoms with Crippen LogP contribution in [0.5, 0.6) is 0 Å². The fourth-order valence-electron chi connectivity index (χ4n) is 0.293. The number of amides is 1. The summed E-state index contributed by atoms with van der Waals surface area (Å²) in [6.07, 6.45) is 0. The van der Waals surface area contributed by atoms with Gasteiger partial charge in [-0.05, 0) is 5.21 Å². The number of aromatic amines is 1. The number of nitrogens with one attached hydrogen (secondary N) is 1. The van der Waals surface area contributed by atoms with Crippen LogP contribution in [0.2, 0.25) is 0 Å². The molecule has 46 valence electrons. The highest BCUT2D eigenvalue weighted by atomic mass is 32.1. The highest BCUT2D eigenvalue weighted by Crippen LogP contribution is 1.84. The second kappa shape index (κ2) is 2.35. The molecule has 1 aromatic rings. The van der Waals surface area contributed by atoms with Crippen molar-refractivity contribution in [3.8, 4) is 0 Å².